The SMILES string of the molecule is CC(C(=O)Nc1ccc(Cl)cc1)N1CC2C(C1)C2Nc1ccnc2ccc(F)cc12. The summed E-state index contributed by atoms with van der Waals surface area (Å²) in [6.45, 7) is 3.68. The summed E-state index contributed by atoms with van der Waals surface area (Å²) in [6, 6.07) is 13.8. The first-order valence-corrected chi connectivity index (χ1v) is 10.5. The normalized spacial score (nSPS) is 23.8. The maximum atomic E-state index is 13.7. The van der Waals surface area contributed by atoms with Crippen LogP contribution in [0, 0.1) is 17.7 Å². The van der Waals surface area contributed by atoms with Crippen molar-refractivity contribution in [1.29, 1.82) is 0 Å². The number of halogens is 2. The molecule has 3 unspecified atom stereocenters. The monoisotopic (exact) mass is 424 g/mol. The number of likely N-dealkylation sites (tertiary alicyclic amines) is 1. The molecule has 2 aliphatic rings. The van der Waals surface area contributed by atoms with E-state index in [1.807, 2.05) is 13.0 Å². The zero-order valence-corrected chi connectivity index (χ0v) is 17.2. The Morgan fingerprint density at radius 1 is 1.17 bits per heavy atom. The van der Waals surface area contributed by atoms with Crippen LogP contribution in [0.3, 0.4) is 0 Å². The van der Waals surface area contributed by atoms with Gasteiger partial charge < -0.3 is 10.6 Å². The van der Waals surface area contributed by atoms with Gasteiger partial charge in [0.25, 0.3) is 0 Å². The summed E-state index contributed by atoms with van der Waals surface area (Å²) >= 11 is 5.90. The van der Waals surface area contributed by atoms with Crippen LogP contribution < -0.4 is 10.6 Å². The van der Waals surface area contributed by atoms with Crippen LogP contribution in [-0.2, 0) is 4.79 Å². The number of pyridine rings is 1. The van der Waals surface area contributed by atoms with E-state index in [0.717, 1.165) is 35.4 Å². The molecule has 154 valence electrons. The summed E-state index contributed by atoms with van der Waals surface area (Å²) in [5.74, 6) is 0.708. The highest BCUT2D eigenvalue weighted by molar-refractivity contribution is 6.30. The Morgan fingerprint density at radius 3 is 2.63 bits per heavy atom. The lowest BCUT2D eigenvalue weighted by Gasteiger charge is -2.26. The number of nitrogens with zero attached hydrogens (tertiary/aromatic N) is 2. The first-order valence-electron chi connectivity index (χ1n) is 10.1. The fourth-order valence-corrected chi connectivity index (χ4v) is 4.58. The van der Waals surface area contributed by atoms with Crippen molar-refractivity contribution in [2.45, 2.75) is 19.0 Å². The van der Waals surface area contributed by atoms with Gasteiger partial charge in [-0.25, -0.2) is 4.39 Å². The number of anilines is 2. The molecular formula is C23H22ClFN4O. The molecule has 1 amide bonds. The van der Waals surface area contributed by atoms with Crippen LogP contribution in [0.2, 0.25) is 5.02 Å². The summed E-state index contributed by atoms with van der Waals surface area (Å²) in [6.07, 6.45) is 1.75. The predicted octanol–water partition coefficient (Wildman–Crippen LogP) is 4.40. The van der Waals surface area contributed by atoms with Gasteiger partial charge in [-0.1, -0.05) is 11.6 Å². The van der Waals surface area contributed by atoms with Crippen LogP contribution in [0.15, 0.2) is 54.7 Å². The molecule has 1 saturated carbocycles. The van der Waals surface area contributed by atoms with Gasteiger partial charge in [0.05, 0.1) is 11.6 Å². The molecule has 5 rings (SSSR count). The lowest BCUT2D eigenvalue weighted by molar-refractivity contribution is -0.120. The highest BCUT2D eigenvalue weighted by Gasteiger charge is 2.56. The van der Waals surface area contributed by atoms with Crippen LogP contribution in [0.5, 0.6) is 0 Å². The molecule has 2 heterocycles. The average molecular weight is 425 g/mol. The summed E-state index contributed by atoms with van der Waals surface area (Å²) in [5, 5.41) is 7.97. The number of hydrogen-bond acceptors (Lipinski definition) is 4. The van der Waals surface area contributed by atoms with E-state index in [4.69, 9.17) is 11.6 Å². The molecule has 2 aromatic carbocycles. The Bertz CT molecular complexity index is 1090. The quantitative estimate of drug-likeness (QED) is 0.637. The summed E-state index contributed by atoms with van der Waals surface area (Å²) < 4.78 is 13.7. The van der Waals surface area contributed by atoms with Crippen molar-refractivity contribution in [2.24, 2.45) is 11.8 Å². The fourth-order valence-electron chi connectivity index (χ4n) is 4.46. The minimum Gasteiger partial charge on any atom is -0.381 e. The van der Waals surface area contributed by atoms with Gasteiger partial charge in [0.2, 0.25) is 5.91 Å². The number of aromatic nitrogens is 1. The van der Waals surface area contributed by atoms with Crippen LogP contribution in [-0.4, -0.2) is 41.0 Å². The Morgan fingerprint density at radius 2 is 1.90 bits per heavy atom. The highest BCUT2D eigenvalue weighted by Crippen LogP contribution is 2.48. The standard InChI is InChI=1S/C23H22ClFN4O/c1-13(23(30)27-16-5-2-14(24)3-6-16)29-11-18-19(12-29)22(18)28-21-8-9-26-20-7-4-15(25)10-17(20)21/h2-10,13,18-19,22H,11-12H2,1H3,(H,26,28)(H,27,30). The van der Waals surface area contributed by atoms with Crippen LogP contribution in [0.25, 0.3) is 10.9 Å². The number of amides is 1. The van der Waals surface area contributed by atoms with Gasteiger partial charge in [0.15, 0.2) is 0 Å². The molecule has 1 aliphatic heterocycles. The van der Waals surface area contributed by atoms with Gasteiger partial charge in [-0.05, 0) is 67.3 Å². The minimum absolute atomic E-state index is 0.0151. The van der Waals surface area contributed by atoms with Crippen molar-refractivity contribution >= 4 is 39.8 Å². The average Bonchev–Trinajstić information content (AvgIpc) is 3.17. The third kappa shape index (κ3) is 3.61. The van der Waals surface area contributed by atoms with E-state index in [-0.39, 0.29) is 17.8 Å². The number of carbonyl (C=O) groups is 1. The topological polar surface area (TPSA) is 57.3 Å². The molecule has 0 spiro atoms. The molecule has 1 aromatic heterocycles. The second-order valence-corrected chi connectivity index (χ2v) is 8.58. The van der Waals surface area contributed by atoms with E-state index < -0.39 is 0 Å². The third-order valence-electron chi connectivity index (χ3n) is 6.29. The molecule has 5 nitrogen and oxygen atoms in total. The van der Waals surface area contributed by atoms with Crippen LogP contribution in [0.4, 0.5) is 15.8 Å². The van der Waals surface area contributed by atoms with Crippen molar-refractivity contribution in [3.8, 4) is 0 Å². The predicted molar refractivity (Wildman–Crippen MR) is 117 cm³/mol. The van der Waals surface area contributed by atoms with E-state index in [0.29, 0.717) is 22.9 Å². The Kier molecular flexibility index (Phi) is 4.83. The van der Waals surface area contributed by atoms with E-state index in [9.17, 15) is 9.18 Å². The van der Waals surface area contributed by atoms with E-state index in [1.54, 1.807) is 36.5 Å². The van der Waals surface area contributed by atoms with E-state index >= 15 is 0 Å². The van der Waals surface area contributed by atoms with E-state index in [1.165, 1.54) is 12.1 Å². The van der Waals surface area contributed by atoms with Crippen molar-refractivity contribution in [3.63, 3.8) is 0 Å². The minimum atomic E-state index is -0.263. The lowest BCUT2D eigenvalue weighted by atomic mass is 10.1. The van der Waals surface area contributed by atoms with Gasteiger partial charge in [-0.3, -0.25) is 14.7 Å². The summed E-state index contributed by atoms with van der Waals surface area (Å²) in [7, 11) is 0. The molecule has 0 radical (unpaired) electrons. The number of hydrogen-bond donors (Lipinski definition) is 2. The third-order valence-corrected chi connectivity index (χ3v) is 6.54. The number of benzene rings is 2. The smallest absolute Gasteiger partial charge is 0.241 e. The molecular weight excluding hydrogens is 403 g/mol. The van der Waals surface area contributed by atoms with E-state index in [2.05, 4.69) is 20.5 Å². The number of fused-ring (bicyclic) bond motifs is 2. The molecule has 0 bridgehead atoms. The molecule has 3 aromatic rings. The molecule has 3 atom stereocenters. The van der Waals surface area contributed by atoms with Crippen molar-refractivity contribution in [1.82, 2.24) is 9.88 Å². The largest absolute Gasteiger partial charge is 0.381 e. The number of nitrogens with one attached hydrogen (secondary N) is 2. The Labute approximate surface area is 179 Å². The summed E-state index contributed by atoms with van der Waals surface area (Å²) in [5.41, 5.74) is 2.44. The van der Waals surface area contributed by atoms with Crippen molar-refractivity contribution < 1.29 is 9.18 Å². The van der Waals surface area contributed by atoms with Gasteiger partial charge in [-0.15, -0.1) is 0 Å². The first-order chi connectivity index (χ1) is 14.5. The molecule has 2 N–H and O–H groups in total. The van der Waals surface area contributed by atoms with Crippen LogP contribution in [0.1, 0.15) is 6.92 Å². The molecule has 1 aliphatic carbocycles. The number of carbonyl (C=O) groups excluding carboxylic acids is 1. The van der Waals surface area contributed by atoms with Gasteiger partial charge in [-0.2, -0.15) is 0 Å². The summed E-state index contributed by atoms with van der Waals surface area (Å²) in [4.78, 5) is 19.1. The van der Waals surface area contributed by atoms with Gasteiger partial charge >= 0.3 is 0 Å². The maximum absolute atomic E-state index is 13.7. The van der Waals surface area contributed by atoms with Crippen molar-refractivity contribution in [2.75, 3.05) is 23.7 Å². The van der Waals surface area contributed by atoms with Crippen molar-refractivity contribution in [3.05, 3.63) is 65.6 Å². The van der Waals surface area contributed by atoms with Gasteiger partial charge in [0, 0.05) is 47.1 Å². The zero-order valence-electron chi connectivity index (χ0n) is 16.5. The maximum Gasteiger partial charge on any atom is 0.241 e. The number of piperidine rings is 1. The molecule has 7 heteroatoms. The molecule has 30 heavy (non-hydrogen) atoms. The Hall–Kier alpha value is -2.70. The second-order valence-electron chi connectivity index (χ2n) is 8.14. The van der Waals surface area contributed by atoms with Gasteiger partial charge in [0.1, 0.15) is 5.82 Å². The fraction of sp³-hybridized carbons (Fsp3) is 0.304. The molecule has 2 fully saturated rings. The first kappa shape index (κ1) is 19.3. The second kappa shape index (κ2) is 7.52. The Balaban J connectivity index is 1.20. The molecule has 1 saturated heterocycles. The zero-order chi connectivity index (χ0) is 20.8. The number of rotatable bonds is 5. The van der Waals surface area contributed by atoms with Crippen LogP contribution >= 0.6 is 11.6 Å². The lowest BCUT2D eigenvalue weighted by Crippen LogP contribution is -2.43. The highest BCUT2D eigenvalue weighted by atomic mass is 35.5.